The Bertz CT molecular complexity index is 368. The monoisotopic (exact) mass is 264 g/mol. The Morgan fingerprint density at radius 3 is 2.58 bits per heavy atom. The zero-order chi connectivity index (χ0) is 14.3. The van der Waals surface area contributed by atoms with E-state index in [4.69, 9.17) is 4.74 Å². The van der Waals surface area contributed by atoms with Gasteiger partial charge in [0.05, 0.1) is 7.11 Å². The highest BCUT2D eigenvalue weighted by molar-refractivity contribution is 5.36. The molecule has 0 aliphatic carbocycles. The summed E-state index contributed by atoms with van der Waals surface area (Å²) in [7, 11) is 5.94. The average Bonchev–Trinajstić information content (AvgIpc) is 2.44. The largest absolute Gasteiger partial charge is 0.496 e. The minimum Gasteiger partial charge on any atom is -0.496 e. The Balaban J connectivity index is 2.77. The normalized spacial score (nSPS) is 14.4. The van der Waals surface area contributed by atoms with Crippen LogP contribution in [0.25, 0.3) is 0 Å². The Morgan fingerprint density at radius 2 is 2.00 bits per heavy atom. The summed E-state index contributed by atoms with van der Waals surface area (Å²) in [5.74, 6) is 0.957. The summed E-state index contributed by atoms with van der Waals surface area (Å²) >= 11 is 0. The van der Waals surface area contributed by atoms with Gasteiger partial charge in [0.2, 0.25) is 0 Å². The molecule has 3 nitrogen and oxygen atoms in total. The minimum atomic E-state index is 0.292. The fraction of sp³-hybridized carbons (Fsp3) is 0.625. The van der Waals surface area contributed by atoms with Gasteiger partial charge >= 0.3 is 0 Å². The molecule has 1 aromatic rings. The van der Waals surface area contributed by atoms with Crippen molar-refractivity contribution >= 4 is 0 Å². The molecule has 0 bridgehead atoms. The zero-order valence-electron chi connectivity index (χ0n) is 12.9. The molecule has 0 aliphatic rings. The average molecular weight is 264 g/mol. The summed E-state index contributed by atoms with van der Waals surface area (Å²) in [5.41, 5.74) is 1.23. The van der Waals surface area contributed by atoms with Crippen LogP contribution in [0.3, 0.4) is 0 Å². The summed E-state index contributed by atoms with van der Waals surface area (Å²) in [6, 6.07) is 9.14. The first-order chi connectivity index (χ1) is 9.13. The fourth-order valence-corrected chi connectivity index (χ4v) is 2.41. The number of nitrogens with zero attached hydrogens (tertiary/aromatic N) is 1. The smallest absolute Gasteiger partial charge is 0.123 e. The van der Waals surface area contributed by atoms with Gasteiger partial charge in [-0.05, 0) is 33.5 Å². The molecule has 0 spiro atoms. The molecule has 3 heteroatoms. The number of ether oxygens (including phenoxy) is 1. The third kappa shape index (κ3) is 4.51. The van der Waals surface area contributed by atoms with Crippen LogP contribution in [0.1, 0.15) is 38.3 Å². The van der Waals surface area contributed by atoms with E-state index >= 15 is 0 Å². The first-order valence-corrected chi connectivity index (χ1v) is 7.14. The van der Waals surface area contributed by atoms with Gasteiger partial charge in [-0.1, -0.05) is 31.5 Å². The van der Waals surface area contributed by atoms with Crippen molar-refractivity contribution in [3.8, 4) is 5.75 Å². The van der Waals surface area contributed by atoms with E-state index < -0.39 is 0 Å². The highest BCUT2D eigenvalue weighted by Crippen LogP contribution is 2.25. The number of hydrogen-bond acceptors (Lipinski definition) is 3. The standard InChI is InChI=1S/C16H28N2O/c1-6-9-13(2)18(4)12-15(17-3)14-10-7-8-11-16(14)19-5/h7-8,10-11,13,15,17H,6,9,12H2,1-5H3. The molecule has 0 heterocycles. The Labute approximate surface area is 118 Å². The third-order valence-corrected chi connectivity index (χ3v) is 3.79. The number of methoxy groups -OCH3 is 1. The van der Waals surface area contributed by atoms with Crippen molar-refractivity contribution in [3.63, 3.8) is 0 Å². The molecule has 0 saturated heterocycles. The highest BCUT2D eigenvalue weighted by atomic mass is 16.5. The summed E-state index contributed by atoms with van der Waals surface area (Å²) < 4.78 is 5.46. The van der Waals surface area contributed by atoms with Crippen LogP contribution in [-0.2, 0) is 0 Å². The maximum Gasteiger partial charge on any atom is 0.123 e. The fourth-order valence-electron chi connectivity index (χ4n) is 2.41. The van der Waals surface area contributed by atoms with E-state index in [0.717, 1.165) is 12.3 Å². The predicted octanol–water partition coefficient (Wildman–Crippen LogP) is 3.08. The van der Waals surface area contributed by atoms with Crippen molar-refractivity contribution in [2.45, 2.75) is 38.8 Å². The molecule has 0 aromatic heterocycles. The van der Waals surface area contributed by atoms with Crippen molar-refractivity contribution in [1.82, 2.24) is 10.2 Å². The van der Waals surface area contributed by atoms with Gasteiger partial charge in [-0.25, -0.2) is 0 Å². The quantitative estimate of drug-likeness (QED) is 0.781. The maximum absolute atomic E-state index is 5.46. The predicted molar refractivity (Wildman–Crippen MR) is 81.8 cm³/mol. The van der Waals surface area contributed by atoms with Crippen LogP contribution in [0.15, 0.2) is 24.3 Å². The molecular formula is C16H28N2O. The molecule has 1 aromatic carbocycles. The topological polar surface area (TPSA) is 24.5 Å². The first kappa shape index (κ1) is 16.0. The van der Waals surface area contributed by atoms with Crippen molar-refractivity contribution in [1.29, 1.82) is 0 Å². The molecule has 19 heavy (non-hydrogen) atoms. The van der Waals surface area contributed by atoms with Crippen LogP contribution in [-0.4, -0.2) is 38.7 Å². The molecule has 1 rings (SSSR count). The Morgan fingerprint density at radius 1 is 1.32 bits per heavy atom. The van der Waals surface area contributed by atoms with Crippen molar-refractivity contribution < 1.29 is 4.74 Å². The zero-order valence-corrected chi connectivity index (χ0v) is 12.9. The Hall–Kier alpha value is -1.06. The highest BCUT2D eigenvalue weighted by Gasteiger charge is 2.18. The number of hydrogen-bond donors (Lipinski definition) is 1. The van der Waals surface area contributed by atoms with Gasteiger partial charge in [0.1, 0.15) is 5.75 Å². The number of rotatable bonds is 8. The van der Waals surface area contributed by atoms with Crippen LogP contribution in [0.2, 0.25) is 0 Å². The summed E-state index contributed by atoms with van der Waals surface area (Å²) in [5, 5.41) is 3.40. The van der Waals surface area contributed by atoms with E-state index in [-0.39, 0.29) is 0 Å². The molecule has 0 radical (unpaired) electrons. The van der Waals surface area contributed by atoms with Crippen LogP contribution < -0.4 is 10.1 Å². The van der Waals surface area contributed by atoms with E-state index in [2.05, 4.69) is 43.2 Å². The third-order valence-electron chi connectivity index (χ3n) is 3.79. The van der Waals surface area contributed by atoms with Crippen LogP contribution in [0.4, 0.5) is 0 Å². The van der Waals surface area contributed by atoms with Crippen LogP contribution in [0, 0.1) is 0 Å². The minimum absolute atomic E-state index is 0.292. The molecular weight excluding hydrogens is 236 g/mol. The van der Waals surface area contributed by atoms with E-state index in [1.54, 1.807) is 7.11 Å². The van der Waals surface area contributed by atoms with Crippen LogP contribution >= 0.6 is 0 Å². The second kappa shape index (κ2) is 8.18. The van der Waals surface area contributed by atoms with Gasteiger partial charge in [0, 0.05) is 24.2 Å². The van der Waals surface area contributed by atoms with Crippen molar-refractivity contribution in [3.05, 3.63) is 29.8 Å². The Kier molecular flexibility index (Phi) is 6.89. The van der Waals surface area contributed by atoms with Gasteiger partial charge in [0.25, 0.3) is 0 Å². The summed E-state index contributed by atoms with van der Waals surface area (Å²) in [6.07, 6.45) is 2.46. The first-order valence-electron chi connectivity index (χ1n) is 7.14. The number of likely N-dealkylation sites (N-methyl/N-ethyl adjacent to an activating group) is 2. The lowest BCUT2D eigenvalue weighted by Gasteiger charge is -2.29. The SMILES string of the molecule is CCCC(C)N(C)CC(NC)c1ccccc1OC. The second-order valence-electron chi connectivity index (χ2n) is 5.16. The second-order valence-corrected chi connectivity index (χ2v) is 5.16. The molecule has 2 atom stereocenters. The van der Waals surface area contributed by atoms with Crippen molar-refractivity contribution in [2.24, 2.45) is 0 Å². The van der Waals surface area contributed by atoms with Gasteiger partial charge in [0.15, 0.2) is 0 Å². The number of nitrogens with one attached hydrogen (secondary N) is 1. The molecule has 1 N–H and O–H groups in total. The molecule has 0 amide bonds. The van der Waals surface area contributed by atoms with E-state index in [0.29, 0.717) is 12.1 Å². The lowest BCUT2D eigenvalue weighted by molar-refractivity contribution is 0.220. The van der Waals surface area contributed by atoms with Crippen LogP contribution in [0.5, 0.6) is 5.75 Å². The van der Waals surface area contributed by atoms with E-state index in [9.17, 15) is 0 Å². The number of benzene rings is 1. The van der Waals surface area contributed by atoms with Gasteiger partial charge in [-0.3, -0.25) is 0 Å². The molecule has 0 aliphatic heterocycles. The lowest BCUT2D eigenvalue weighted by atomic mass is 10.0. The van der Waals surface area contributed by atoms with Gasteiger partial charge in [-0.2, -0.15) is 0 Å². The van der Waals surface area contributed by atoms with Gasteiger partial charge < -0.3 is 15.0 Å². The molecule has 108 valence electrons. The maximum atomic E-state index is 5.46. The molecule has 0 fully saturated rings. The van der Waals surface area contributed by atoms with E-state index in [1.807, 2.05) is 19.2 Å². The molecule has 2 unspecified atom stereocenters. The van der Waals surface area contributed by atoms with Gasteiger partial charge in [-0.15, -0.1) is 0 Å². The van der Waals surface area contributed by atoms with Crippen molar-refractivity contribution in [2.75, 3.05) is 27.7 Å². The summed E-state index contributed by atoms with van der Waals surface area (Å²) in [4.78, 5) is 2.41. The lowest BCUT2D eigenvalue weighted by Crippen LogP contribution is -2.36. The van der Waals surface area contributed by atoms with E-state index in [1.165, 1.54) is 18.4 Å². The molecule has 0 saturated carbocycles. The summed E-state index contributed by atoms with van der Waals surface area (Å²) in [6.45, 7) is 5.51. The number of para-hydroxylation sites is 1.